The van der Waals surface area contributed by atoms with Gasteiger partial charge in [0.1, 0.15) is 22.9 Å². The summed E-state index contributed by atoms with van der Waals surface area (Å²) in [6, 6.07) is 17.0. The van der Waals surface area contributed by atoms with Gasteiger partial charge < -0.3 is 4.74 Å². The van der Waals surface area contributed by atoms with Crippen molar-refractivity contribution in [2.75, 3.05) is 4.90 Å². The first-order chi connectivity index (χ1) is 16.1. The lowest BCUT2D eigenvalue weighted by Gasteiger charge is -2.29. The number of alkyl halides is 3. The molecule has 10 heteroatoms. The molecule has 1 saturated heterocycles. The average Bonchev–Trinajstić information content (AvgIpc) is 2.77. The van der Waals surface area contributed by atoms with Crippen LogP contribution < -0.4 is 15.0 Å². The number of carbonyl (C=O) groups is 2. The normalized spacial score (nSPS) is 15.5. The molecule has 0 radical (unpaired) electrons. The van der Waals surface area contributed by atoms with Crippen LogP contribution in [0, 0.1) is 5.82 Å². The zero-order valence-corrected chi connectivity index (χ0v) is 17.9. The Bertz CT molecular complexity index is 1310. The third-order valence-corrected chi connectivity index (χ3v) is 5.02. The Morgan fingerprint density at radius 3 is 2.21 bits per heavy atom. The number of para-hydroxylation sites is 1. The molecule has 2 amide bonds. The van der Waals surface area contributed by atoms with E-state index in [9.17, 15) is 27.2 Å². The smallest absolute Gasteiger partial charge is 0.416 e. The van der Waals surface area contributed by atoms with Crippen LogP contribution in [-0.4, -0.2) is 16.9 Å². The summed E-state index contributed by atoms with van der Waals surface area (Å²) in [7, 11) is 0. The second kappa shape index (κ2) is 9.06. The van der Waals surface area contributed by atoms with Crippen LogP contribution in [0.2, 0.25) is 0 Å². The zero-order valence-electron chi connectivity index (χ0n) is 17.1. The van der Waals surface area contributed by atoms with Crippen LogP contribution in [0.1, 0.15) is 11.1 Å². The minimum Gasteiger partial charge on any atom is -0.457 e. The number of nitrogens with zero attached hydrogens (tertiary/aromatic N) is 1. The second-order valence-corrected chi connectivity index (χ2v) is 7.52. The molecule has 0 aliphatic carbocycles. The lowest BCUT2D eigenvalue weighted by Crippen LogP contribution is -2.54. The van der Waals surface area contributed by atoms with Gasteiger partial charge in [-0.2, -0.15) is 13.2 Å². The molecule has 3 aromatic rings. The fourth-order valence-electron chi connectivity index (χ4n) is 3.21. The Morgan fingerprint density at radius 1 is 0.912 bits per heavy atom. The number of carbonyl (C=O) groups excluding carboxylic acids is 2. The van der Waals surface area contributed by atoms with Gasteiger partial charge in [0, 0.05) is 0 Å². The van der Waals surface area contributed by atoms with Crippen molar-refractivity contribution in [3.63, 3.8) is 0 Å². The minimum absolute atomic E-state index is 0.209. The van der Waals surface area contributed by atoms with E-state index in [1.54, 1.807) is 36.4 Å². The molecule has 0 atom stereocenters. The van der Waals surface area contributed by atoms with Crippen LogP contribution in [-0.2, 0) is 15.8 Å². The third kappa shape index (κ3) is 4.96. The number of rotatable bonds is 4. The van der Waals surface area contributed by atoms with Gasteiger partial charge in [-0.15, -0.1) is 0 Å². The van der Waals surface area contributed by atoms with Gasteiger partial charge in [0.05, 0.1) is 11.3 Å². The predicted octanol–water partition coefficient (Wildman–Crippen LogP) is 5.47. The molecule has 1 heterocycles. The van der Waals surface area contributed by atoms with E-state index in [0.717, 1.165) is 17.0 Å². The number of hydrogen-bond donors (Lipinski definition) is 1. The van der Waals surface area contributed by atoms with Crippen molar-refractivity contribution >= 4 is 40.9 Å². The van der Waals surface area contributed by atoms with E-state index in [4.69, 9.17) is 17.0 Å². The first-order valence-electron chi connectivity index (χ1n) is 9.74. The van der Waals surface area contributed by atoms with Crippen LogP contribution in [0.5, 0.6) is 11.5 Å². The van der Waals surface area contributed by atoms with Crippen LogP contribution in [0.4, 0.5) is 23.2 Å². The van der Waals surface area contributed by atoms with Gasteiger partial charge in [0.25, 0.3) is 11.8 Å². The average molecular weight is 486 g/mol. The highest BCUT2D eigenvalue weighted by molar-refractivity contribution is 7.80. The summed E-state index contributed by atoms with van der Waals surface area (Å²) in [5.74, 6) is -1.86. The molecule has 0 saturated carbocycles. The Kier molecular flexibility index (Phi) is 6.16. The highest BCUT2D eigenvalue weighted by Crippen LogP contribution is 2.32. The summed E-state index contributed by atoms with van der Waals surface area (Å²) < 4.78 is 58.5. The molecular formula is C24H14F4N2O3S. The van der Waals surface area contributed by atoms with E-state index in [2.05, 4.69) is 5.32 Å². The number of amides is 2. The zero-order chi connectivity index (χ0) is 24.5. The highest BCUT2D eigenvalue weighted by Gasteiger charge is 2.35. The van der Waals surface area contributed by atoms with Crippen molar-refractivity contribution in [3.05, 3.63) is 95.3 Å². The van der Waals surface area contributed by atoms with E-state index in [-0.39, 0.29) is 16.4 Å². The van der Waals surface area contributed by atoms with Crippen molar-refractivity contribution in [1.29, 1.82) is 0 Å². The molecule has 1 aliphatic heterocycles. The van der Waals surface area contributed by atoms with Crippen molar-refractivity contribution in [3.8, 4) is 11.5 Å². The second-order valence-electron chi connectivity index (χ2n) is 7.14. The molecule has 0 bridgehead atoms. The standard InChI is InChI=1S/C24H14F4N2O3S/c25-16-11-14(10-15(13-16)24(26,27)28)12-20-21(31)29-23(34)30(22(20)32)17-6-8-19(9-7-17)33-18-4-2-1-3-5-18/h1-13H,(H,29,31,34)/b20-12+. The number of thiocarbonyl (C=S) groups is 1. The Balaban J connectivity index is 1.63. The lowest BCUT2D eigenvalue weighted by molar-refractivity contribution is -0.137. The molecule has 5 nitrogen and oxygen atoms in total. The summed E-state index contributed by atoms with van der Waals surface area (Å²) in [6.45, 7) is 0. The molecule has 0 aromatic heterocycles. The summed E-state index contributed by atoms with van der Waals surface area (Å²) >= 11 is 5.11. The molecule has 0 unspecified atom stereocenters. The van der Waals surface area contributed by atoms with Crippen molar-refractivity contribution in [2.45, 2.75) is 6.18 Å². The fourth-order valence-corrected chi connectivity index (χ4v) is 3.49. The number of nitrogens with one attached hydrogen (secondary N) is 1. The topological polar surface area (TPSA) is 58.6 Å². The SMILES string of the molecule is O=C1NC(=S)N(c2ccc(Oc3ccccc3)cc2)C(=O)/C1=C/c1cc(F)cc(C(F)(F)F)c1. The van der Waals surface area contributed by atoms with Gasteiger partial charge >= 0.3 is 6.18 Å². The van der Waals surface area contributed by atoms with Gasteiger partial charge in [-0.05, 0) is 78.5 Å². The van der Waals surface area contributed by atoms with E-state index in [1.807, 2.05) is 6.07 Å². The first kappa shape index (κ1) is 23.1. The molecule has 1 N–H and O–H groups in total. The molecule has 172 valence electrons. The summed E-state index contributed by atoms with van der Waals surface area (Å²) in [5, 5.41) is 2.12. The van der Waals surface area contributed by atoms with Gasteiger partial charge in [-0.1, -0.05) is 18.2 Å². The maximum atomic E-state index is 13.7. The molecule has 3 aromatic carbocycles. The molecule has 1 fully saturated rings. The van der Waals surface area contributed by atoms with E-state index in [1.165, 1.54) is 12.1 Å². The fraction of sp³-hybridized carbons (Fsp3) is 0.0417. The molecule has 4 rings (SSSR count). The number of benzene rings is 3. The van der Waals surface area contributed by atoms with Gasteiger partial charge in [-0.3, -0.25) is 19.8 Å². The first-order valence-corrected chi connectivity index (χ1v) is 10.1. The van der Waals surface area contributed by atoms with Crippen LogP contribution in [0.15, 0.2) is 78.4 Å². The van der Waals surface area contributed by atoms with Crippen molar-refractivity contribution < 1.29 is 31.9 Å². The minimum atomic E-state index is -4.80. The van der Waals surface area contributed by atoms with Crippen LogP contribution in [0.3, 0.4) is 0 Å². The summed E-state index contributed by atoms with van der Waals surface area (Å²) in [6.07, 6.45) is -3.91. The lowest BCUT2D eigenvalue weighted by atomic mass is 10.0. The van der Waals surface area contributed by atoms with Gasteiger partial charge in [0.15, 0.2) is 5.11 Å². The number of anilines is 1. The summed E-state index contributed by atoms with van der Waals surface area (Å²) in [5.41, 5.74) is -1.76. The van der Waals surface area contributed by atoms with Gasteiger partial charge in [0.2, 0.25) is 0 Å². The van der Waals surface area contributed by atoms with Crippen LogP contribution >= 0.6 is 12.2 Å². The maximum Gasteiger partial charge on any atom is 0.416 e. The molecule has 1 aliphatic rings. The third-order valence-electron chi connectivity index (χ3n) is 4.73. The van der Waals surface area contributed by atoms with Crippen molar-refractivity contribution in [1.82, 2.24) is 5.32 Å². The predicted molar refractivity (Wildman–Crippen MR) is 121 cm³/mol. The van der Waals surface area contributed by atoms with Crippen LogP contribution in [0.25, 0.3) is 6.08 Å². The number of hydrogen-bond acceptors (Lipinski definition) is 4. The monoisotopic (exact) mass is 486 g/mol. The highest BCUT2D eigenvalue weighted by atomic mass is 32.1. The molecule has 34 heavy (non-hydrogen) atoms. The Morgan fingerprint density at radius 2 is 1.56 bits per heavy atom. The number of halogens is 4. The molecular weight excluding hydrogens is 472 g/mol. The van der Waals surface area contributed by atoms with E-state index < -0.39 is 34.9 Å². The van der Waals surface area contributed by atoms with E-state index >= 15 is 0 Å². The van der Waals surface area contributed by atoms with Crippen molar-refractivity contribution in [2.24, 2.45) is 0 Å². The van der Waals surface area contributed by atoms with E-state index in [0.29, 0.717) is 23.6 Å². The Hall–Kier alpha value is -4.05. The number of ether oxygens (including phenoxy) is 1. The molecule has 0 spiro atoms. The summed E-state index contributed by atoms with van der Waals surface area (Å²) in [4.78, 5) is 26.4. The maximum absolute atomic E-state index is 13.7. The Labute approximate surface area is 196 Å². The quantitative estimate of drug-likeness (QED) is 0.230. The largest absolute Gasteiger partial charge is 0.457 e. The van der Waals surface area contributed by atoms with Gasteiger partial charge in [-0.25, -0.2) is 4.39 Å².